The molecule has 0 amide bonds. The normalized spacial score (nSPS) is 10.4. The number of nitrogens with one attached hydrogen (secondary N) is 1. The van der Waals surface area contributed by atoms with Gasteiger partial charge in [0.25, 0.3) is 0 Å². The zero-order valence-electron chi connectivity index (χ0n) is 11.9. The number of anilines is 2. The number of rotatable bonds is 4. The molecule has 0 fully saturated rings. The Bertz CT molecular complexity index is 611. The summed E-state index contributed by atoms with van der Waals surface area (Å²) in [6.45, 7) is 2.76. The van der Waals surface area contributed by atoms with Crippen molar-refractivity contribution in [3.05, 3.63) is 52.5 Å². The number of halogens is 1. The molecule has 0 saturated heterocycles. The van der Waals surface area contributed by atoms with Crippen LogP contribution in [0.5, 0.6) is 5.75 Å². The lowest BCUT2D eigenvalue weighted by atomic mass is 10.1. The molecule has 2 N–H and O–H groups in total. The van der Waals surface area contributed by atoms with E-state index in [1.165, 1.54) is 11.3 Å². The highest BCUT2D eigenvalue weighted by Gasteiger charge is 2.03. The van der Waals surface area contributed by atoms with E-state index in [-0.39, 0.29) is 5.75 Å². The Kier molecular flexibility index (Phi) is 4.40. The number of aryl methyl sites for hydroxylation is 1. The van der Waals surface area contributed by atoms with Gasteiger partial charge in [0.15, 0.2) is 0 Å². The summed E-state index contributed by atoms with van der Waals surface area (Å²) < 4.78 is 0. The van der Waals surface area contributed by atoms with Crippen molar-refractivity contribution in [3.63, 3.8) is 0 Å². The average Bonchev–Trinajstić information content (AvgIpc) is 2.41. The van der Waals surface area contributed by atoms with Gasteiger partial charge in [0.2, 0.25) is 0 Å². The molecule has 0 aliphatic carbocycles. The van der Waals surface area contributed by atoms with Gasteiger partial charge >= 0.3 is 0 Å². The summed E-state index contributed by atoms with van der Waals surface area (Å²) in [6.07, 6.45) is 0. The number of hydrogen-bond donors (Lipinski definition) is 2. The first kappa shape index (κ1) is 14.5. The maximum Gasteiger partial charge on any atom is 0.134 e. The van der Waals surface area contributed by atoms with Crippen LogP contribution in [0.3, 0.4) is 0 Å². The van der Waals surface area contributed by atoms with Crippen molar-refractivity contribution >= 4 is 23.0 Å². The lowest BCUT2D eigenvalue weighted by Crippen LogP contribution is -2.10. The minimum atomic E-state index is 0.112. The SMILES string of the molecule is Cc1ccc(NCc2ccc(O)c(Cl)c2)cc1N(C)C. The van der Waals surface area contributed by atoms with E-state index in [1.807, 2.05) is 20.2 Å². The number of benzene rings is 2. The molecule has 0 spiro atoms. The van der Waals surface area contributed by atoms with Gasteiger partial charge in [-0.2, -0.15) is 0 Å². The van der Waals surface area contributed by atoms with Crippen molar-refractivity contribution < 1.29 is 5.11 Å². The van der Waals surface area contributed by atoms with Gasteiger partial charge < -0.3 is 15.3 Å². The van der Waals surface area contributed by atoms with E-state index in [4.69, 9.17) is 11.6 Å². The smallest absolute Gasteiger partial charge is 0.134 e. The maximum atomic E-state index is 9.40. The Hall–Kier alpha value is -1.87. The first-order valence-corrected chi connectivity index (χ1v) is 6.84. The summed E-state index contributed by atoms with van der Waals surface area (Å²) in [7, 11) is 4.07. The summed E-state index contributed by atoms with van der Waals surface area (Å²) in [4.78, 5) is 2.10. The standard InChI is InChI=1S/C16H19ClN2O/c1-11-4-6-13(9-15(11)19(2)3)18-10-12-5-7-16(20)14(17)8-12/h4-9,18,20H,10H2,1-3H3. The van der Waals surface area contributed by atoms with Crippen molar-refractivity contribution in [2.45, 2.75) is 13.5 Å². The van der Waals surface area contributed by atoms with Crippen LogP contribution in [0.15, 0.2) is 36.4 Å². The third kappa shape index (κ3) is 3.36. The largest absolute Gasteiger partial charge is 0.506 e. The molecule has 0 atom stereocenters. The van der Waals surface area contributed by atoms with E-state index in [1.54, 1.807) is 12.1 Å². The van der Waals surface area contributed by atoms with Crippen molar-refractivity contribution in [1.29, 1.82) is 0 Å². The molecule has 20 heavy (non-hydrogen) atoms. The molecule has 0 saturated carbocycles. The lowest BCUT2D eigenvalue weighted by Gasteiger charge is -2.17. The average molecular weight is 291 g/mol. The fourth-order valence-electron chi connectivity index (χ4n) is 2.07. The van der Waals surface area contributed by atoms with Crippen LogP contribution in [0.4, 0.5) is 11.4 Å². The highest BCUT2D eigenvalue weighted by Crippen LogP contribution is 2.25. The summed E-state index contributed by atoms with van der Waals surface area (Å²) in [6, 6.07) is 11.5. The number of aromatic hydroxyl groups is 1. The molecule has 2 aromatic carbocycles. The maximum absolute atomic E-state index is 9.40. The van der Waals surface area contributed by atoms with Gasteiger partial charge in [-0.15, -0.1) is 0 Å². The lowest BCUT2D eigenvalue weighted by molar-refractivity contribution is 0.475. The molecule has 0 bridgehead atoms. The van der Waals surface area contributed by atoms with Gasteiger partial charge in [-0.1, -0.05) is 23.7 Å². The first-order valence-electron chi connectivity index (χ1n) is 6.46. The summed E-state index contributed by atoms with van der Waals surface area (Å²) in [5.41, 5.74) is 4.52. The van der Waals surface area contributed by atoms with Gasteiger partial charge in [-0.25, -0.2) is 0 Å². The molecular weight excluding hydrogens is 272 g/mol. The molecular formula is C16H19ClN2O. The van der Waals surface area contributed by atoms with Crippen molar-refractivity contribution in [2.75, 3.05) is 24.3 Å². The van der Waals surface area contributed by atoms with E-state index in [2.05, 4.69) is 35.3 Å². The number of phenolic OH excluding ortho intramolecular Hbond substituents is 1. The monoisotopic (exact) mass is 290 g/mol. The molecule has 0 heterocycles. The van der Waals surface area contributed by atoms with Crippen molar-refractivity contribution in [1.82, 2.24) is 0 Å². The van der Waals surface area contributed by atoms with Crippen LogP contribution in [0.2, 0.25) is 5.02 Å². The van der Waals surface area contributed by atoms with Gasteiger partial charge in [0, 0.05) is 32.0 Å². The Balaban J connectivity index is 2.10. The zero-order valence-corrected chi connectivity index (χ0v) is 12.7. The molecule has 0 aliphatic heterocycles. The number of phenols is 1. The van der Waals surface area contributed by atoms with Gasteiger partial charge in [0.05, 0.1) is 5.02 Å². The molecule has 3 nitrogen and oxygen atoms in total. The molecule has 4 heteroatoms. The topological polar surface area (TPSA) is 35.5 Å². The summed E-state index contributed by atoms with van der Waals surface area (Å²) >= 11 is 5.90. The van der Waals surface area contributed by atoms with E-state index in [9.17, 15) is 5.11 Å². The Morgan fingerprint density at radius 3 is 2.55 bits per heavy atom. The Labute approximate surface area is 124 Å². The van der Waals surface area contributed by atoms with Crippen LogP contribution in [0, 0.1) is 6.92 Å². The van der Waals surface area contributed by atoms with E-state index < -0.39 is 0 Å². The van der Waals surface area contributed by atoms with E-state index >= 15 is 0 Å². The number of nitrogens with zero attached hydrogens (tertiary/aromatic N) is 1. The third-order valence-electron chi connectivity index (χ3n) is 3.20. The van der Waals surface area contributed by atoms with Crippen LogP contribution in [-0.4, -0.2) is 19.2 Å². The predicted octanol–water partition coefficient (Wildman–Crippen LogP) is 4.03. The molecule has 0 aromatic heterocycles. The molecule has 2 rings (SSSR count). The second kappa shape index (κ2) is 6.06. The van der Waals surface area contributed by atoms with Crippen LogP contribution >= 0.6 is 11.6 Å². The quantitative estimate of drug-likeness (QED) is 0.892. The van der Waals surface area contributed by atoms with Crippen LogP contribution < -0.4 is 10.2 Å². The Morgan fingerprint density at radius 1 is 1.15 bits per heavy atom. The molecule has 106 valence electrons. The fourth-order valence-corrected chi connectivity index (χ4v) is 2.27. The Morgan fingerprint density at radius 2 is 1.90 bits per heavy atom. The minimum Gasteiger partial charge on any atom is -0.506 e. The number of hydrogen-bond acceptors (Lipinski definition) is 3. The molecule has 0 aliphatic rings. The molecule has 0 radical (unpaired) electrons. The molecule has 2 aromatic rings. The summed E-state index contributed by atoms with van der Waals surface area (Å²) in [5.74, 6) is 0.112. The minimum absolute atomic E-state index is 0.112. The highest BCUT2D eigenvalue weighted by molar-refractivity contribution is 6.32. The van der Waals surface area contributed by atoms with E-state index in [0.717, 1.165) is 11.3 Å². The fraction of sp³-hybridized carbons (Fsp3) is 0.250. The van der Waals surface area contributed by atoms with Gasteiger partial charge in [-0.3, -0.25) is 0 Å². The predicted molar refractivity (Wildman–Crippen MR) is 85.9 cm³/mol. The summed E-state index contributed by atoms with van der Waals surface area (Å²) in [5, 5.41) is 13.1. The zero-order chi connectivity index (χ0) is 14.7. The van der Waals surface area contributed by atoms with Crippen molar-refractivity contribution in [3.8, 4) is 5.75 Å². The highest BCUT2D eigenvalue weighted by atomic mass is 35.5. The van der Waals surface area contributed by atoms with Crippen LogP contribution in [0.25, 0.3) is 0 Å². The van der Waals surface area contributed by atoms with Crippen LogP contribution in [-0.2, 0) is 6.54 Å². The van der Waals surface area contributed by atoms with Crippen LogP contribution in [0.1, 0.15) is 11.1 Å². The van der Waals surface area contributed by atoms with Crippen molar-refractivity contribution in [2.24, 2.45) is 0 Å². The second-order valence-electron chi connectivity index (χ2n) is 5.04. The third-order valence-corrected chi connectivity index (χ3v) is 3.50. The molecule has 0 unspecified atom stereocenters. The second-order valence-corrected chi connectivity index (χ2v) is 5.44. The van der Waals surface area contributed by atoms with E-state index in [0.29, 0.717) is 11.6 Å². The van der Waals surface area contributed by atoms with Gasteiger partial charge in [0.1, 0.15) is 5.75 Å². The first-order chi connectivity index (χ1) is 9.47. The van der Waals surface area contributed by atoms with Gasteiger partial charge in [-0.05, 0) is 42.3 Å².